The van der Waals surface area contributed by atoms with E-state index in [4.69, 9.17) is 14.2 Å². The van der Waals surface area contributed by atoms with E-state index >= 15 is 4.39 Å². The Kier molecular flexibility index (Phi) is 7.61. The van der Waals surface area contributed by atoms with Gasteiger partial charge in [-0.05, 0) is 31.5 Å². The van der Waals surface area contributed by atoms with Gasteiger partial charge in [0.15, 0.2) is 6.61 Å². The minimum atomic E-state index is -3.18. The van der Waals surface area contributed by atoms with Gasteiger partial charge in [0.05, 0.1) is 36.4 Å². The van der Waals surface area contributed by atoms with Crippen molar-refractivity contribution in [3.63, 3.8) is 0 Å². The number of hydrogen-bond acceptors (Lipinski definition) is 6. The molecule has 0 saturated heterocycles. The first-order valence-electron chi connectivity index (χ1n) is 12.2. The van der Waals surface area contributed by atoms with Crippen molar-refractivity contribution in [2.45, 2.75) is 39.5 Å². The Morgan fingerprint density at radius 1 is 0.895 bits per heavy atom. The molecular weight excluding hydrogens is 503 g/mol. The molecule has 200 valence electrons. The first-order valence-corrected chi connectivity index (χ1v) is 12.2. The number of carbonyl (C=O) groups is 3. The van der Waals surface area contributed by atoms with Crippen LogP contribution in [0.25, 0.3) is 10.8 Å². The molecule has 0 aromatic heterocycles. The molecule has 0 unspecified atom stereocenters. The van der Waals surface area contributed by atoms with Crippen molar-refractivity contribution in [1.29, 1.82) is 0 Å². The number of alkyl halides is 2. The molecule has 0 spiro atoms. The van der Waals surface area contributed by atoms with Crippen LogP contribution in [-0.4, -0.2) is 43.5 Å². The van der Waals surface area contributed by atoms with Crippen molar-refractivity contribution in [3.8, 4) is 11.5 Å². The van der Waals surface area contributed by atoms with Gasteiger partial charge >= 0.3 is 5.97 Å². The van der Waals surface area contributed by atoms with Gasteiger partial charge < -0.3 is 14.2 Å². The summed E-state index contributed by atoms with van der Waals surface area (Å²) in [4.78, 5) is 39.7. The minimum absolute atomic E-state index is 0.0768. The molecule has 0 aliphatic carbocycles. The smallest absolute Gasteiger partial charge is 0.310 e. The Morgan fingerprint density at radius 3 is 2.03 bits per heavy atom. The molecule has 1 heterocycles. The summed E-state index contributed by atoms with van der Waals surface area (Å²) in [5.41, 5.74) is -0.549. The summed E-state index contributed by atoms with van der Waals surface area (Å²) in [5.74, 6) is -6.62. The van der Waals surface area contributed by atoms with Crippen molar-refractivity contribution in [2.24, 2.45) is 0 Å². The molecule has 0 saturated carbocycles. The van der Waals surface area contributed by atoms with Crippen molar-refractivity contribution >= 4 is 34.2 Å². The highest BCUT2D eigenvalue weighted by Crippen LogP contribution is 2.46. The maximum atomic E-state index is 15.2. The number of nitrogens with zero attached hydrogens (tertiary/aromatic N) is 1. The number of amides is 2. The van der Waals surface area contributed by atoms with Gasteiger partial charge in [-0.1, -0.05) is 37.3 Å². The van der Waals surface area contributed by atoms with Gasteiger partial charge in [0.2, 0.25) is 0 Å². The number of imide groups is 1. The molecule has 0 fully saturated rings. The zero-order chi connectivity index (χ0) is 27.6. The molecule has 0 atom stereocenters. The van der Waals surface area contributed by atoms with Crippen molar-refractivity contribution in [3.05, 3.63) is 65.0 Å². The van der Waals surface area contributed by atoms with Crippen LogP contribution in [0.2, 0.25) is 0 Å². The standard InChI is InChI=1S/C28H26F3NO6/c1-4-28(30,31)15-38-25-18-10-8-7-9-17(18)24(37-6-3)22-23(25)27(35)32(26(22)34)20-12-11-16(13-19(20)29)14-21(33)36-5-2/h7-13H,4-6,14-15H2,1-3H3. The van der Waals surface area contributed by atoms with Crippen molar-refractivity contribution in [2.75, 3.05) is 24.7 Å². The molecular formula is C28H26F3NO6. The maximum Gasteiger partial charge on any atom is 0.310 e. The lowest BCUT2D eigenvalue weighted by Crippen LogP contribution is -2.30. The Morgan fingerprint density at radius 2 is 1.50 bits per heavy atom. The fourth-order valence-corrected chi connectivity index (χ4v) is 4.26. The van der Waals surface area contributed by atoms with E-state index in [1.54, 1.807) is 38.1 Å². The van der Waals surface area contributed by atoms with E-state index in [0.717, 1.165) is 6.07 Å². The second-order valence-corrected chi connectivity index (χ2v) is 8.60. The number of halogens is 3. The monoisotopic (exact) mass is 529 g/mol. The number of anilines is 1. The largest absolute Gasteiger partial charge is 0.492 e. The number of rotatable bonds is 10. The summed E-state index contributed by atoms with van der Waals surface area (Å²) in [7, 11) is 0. The molecule has 2 amide bonds. The number of benzene rings is 3. The van der Waals surface area contributed by atoms with E-state index in [0.29, 0.717) is 15.7 Å². The lowest BCUT2D eigenvalue weighted by molar-refractivity contribution is -0.142. The molecule has 3 aromatic rings. The predicted molar refractivity (Wildman–Crippen MR) is 134 cm³/mol. The molecule has 4 rings (SSSR count). The second kappa shape index (κ2) is 10.7. The number of esters is 1. The van der Waals surface area contributed by atoms with Crippen LogP contribution in [0.1, 0.15) is 53.5 Å². The number of carbonyl (C=O) groups excluding carboxylic acids is 3. The van der Waals surface area contributed by atoms with Crippen LogP contribution in [-0.2, 0) is 16.0 Å². The molecule has 10 heteroatoms. The normalized spacial score (nSPS) is 13.2. The van der Waals surface area contributed by atoms with Gasteiger partial charge in [0.1, 0.15) is 17.3 Å². The summed E-state index contributed by atoms with van der Waals surface area (Å²) in [5, 5.41) is 0.686. The van der Waals surface area contributed by atoms with Crippen LogP contribution >= 0.6 is 0 Å². The molecule has 0 radical (unpaired) electrons. The lowest BCUT2D eigenvalue weighted by Gasteiger charge is -2.19. The van der Waals surface area contributed by atoms with Crippen LogP contribution < -0.4 is 14.4 Å². The zero-order valence-electron chi connectivity index (χ0n) is 21.1. The van der Waals surface area contributed by atoms with E-state index in [2.05, 4.69) is 0 Å². The first kappa shape index (κ1) is 27.0. The van der Waals surface area contributed by atoms with Gasteiger partial charge in [-0.25, -0.2) is 18.1 Å². The summed E-state index contributed by atoms with van der Waals surface area (Å²) in [6.07, 6.45) is -0.691. The average Bonchev–Trinajstić information content (AvgIpc) is 3.14. The minimum Gasteiger partial charge on any atom is -0.492 e. The van der Waals surface area contributed by atoms with E-state index in [1.165, 1.54) is 19.1 Å². The van der Waals surface area contributed by atoms with E-state index < -0.39 is 42.6 Å². The maximum absolute atomic E-state index is 15.2. The summed E-state index contributed by atoms with van der Waals surface area (Å²) >= 11 is 0. The highest BCUT2D eigenvalue weighted by molar-refractivity contribution is 6.38. The van der Waals surface area contributed by atoms with Gasteiger partial charge in [-0.3, -0.25) is 14.4 Å². The van der Waals surface area contributed by atoms with Crippen molar-refractivity contribution < 1.29 is 41.8 Å². The third-order valence-electron chi connectivity index (χ3n) is 6.09. The zero-order valence-corrected chi connectivity index (χ0v) is 21.1. The van der Waals surface area contributed by atoms with E-state index in [1.807, 2.05) is 0 Å². The molecule has 0 N–H and O–H groups in total. The highest BCUT2D eigenvalue weighted by Gasteiger charge is 2.45. The molecule has 1 aliphatic heterocycles. The fraction of sp³-hybridized carbons (Fsp3) is 0.321. The first-order chi connectivity index (χ1) is 18.1. The van der Waals surface area contributed by atoms with Gasteiger partial charge in [0, 0.05) is 17.2 Å². The molecule has 1 aliphatic rings. The highest BCUT2D eigenvalue weighted by atomic mass is 19.3. The average molecular weight is 530 g/mol. The Bertz CT molecular complexity index is 1420. The number of hydrogen-bond donors (Lipinski definition) is 0. The van der Waals surface area contributed by atoms with E-state index in [-0.39, 0.29) is 53.5 Å². The van der Waals surface area contributed by atoms with Crippen LogP contribution in [0.5, 0.6) is 11.5 Å². The summed E-state index contributed by atoms with van der Waals surface area (Å²) in [6.45, 7) is 3.92. The Hall–Kier alpha value is -4.08. The third kappa shape index (κ3) is 4.90. The Labute approximate surface area is 217 Å². The quantitative estimate of drug-likeness (QED) is 0.247. The molecule has 0 bridgehead atoms. The fourth-order valence-electron chi connectivity index (χ4n) is 4.26. The number of fused-ring (bicyclic) bond motifs is 2. The predicted octanol–water partition coefficient (Wildman–Crippen LogP) is 5.71. The molecule has 3 aromatic carbocycles. The SMILES string of the molecule is CCOC(=O)Cc1ccc(N2C(=O)c3c(c(OCC(F)(F)CC)c4ccccc4c3OCC)C2=O)c(F)c1. The second-order valence-electron chi connectivity index (χ2n) is 8.60. The van der Waals surface area contributed by atoms with Crippen LogP contribution in [0.4, 0.5) is 18.9 Å². The van der Waals surface area contributed by atoms with Crippen LogP contribution in [0.15, 0.2) is 42.5 Å². The Balaban J connectivity index is 1.85. The number of ether oxygens (including phenoxy) is 3. The molecule has 7 nitrogen and oxygen atoms in total. The van der Waals surface area contributed by atoms with Crippen LogP contribution in [0.3, 0.4) is 0 Å². The third-order valence-corrected chi connectivity index (χ3v) is 6.09. The van der Waals surface area contributed by atoms with Crippen LogP contribution in [0, 0.1) is 5.82 Å². The topological polar surface area (TPSA) is 82.1 Å². The molecule has 38 heavy (non-hydrogen) atoms. The van der Waals surface area contributed by atoms with Crippen molar-refractivity contribution in [1.82, 2.24) is 0 Å². The summed E-state index contributed by atoms with van der Waals surface area (Å²) < 4.78 is 59.7. The van der Waals surface area contributed by atoms with Gasteiger partial charge in [-0.2, -0.15) is 0 Å². The lowest BCUT2D eigenvalue weighted by atomic mass is 9.99. The van der Waals surface area contributed by atoms with Gasteiger partial charge in [0.25, 0.3) is 17.7 Å². The van der Waals surface area contributed by atoms with Gasteiger partial charge in [-0.15, -0.1) is 0 Å². The van der Waals surface area contributed by atoms with E-state index in [9.17, 15) is 23.2 Å². The summed E-state index contributed by atoms with van der Waals surface area (Å²) in [6, 6.07) is 10.1.